The highest BCUT2D eigenvalue weighted by molar-refractivity contribution is 5.63. The highest BCUT2D eigenvalue weighted by Gasteiger charge is 2.19. The predicted octanol–water partition coefficient (Wildman–Crippen LogP) is 4.32. The van der Waals surface area contributed by atoms with Crippen molar-refractivity contribution in [2.45, 2.75) is 32.1 Å². The van der Waals surface area contributed by atoms with Gasteiger partial charge in [0.1, 0.15) is 0 Å². The first-order chi connectivity index (χ1) is 13.3. The van der Waals surface area contributed by atoms with Crippen molar-refractivity contribution < 1.29 is 14.2 Å². The third-order valence-electron chi connectivity index (χ3n) is 4.72. The van der Waals surface area contributed by atoms with E-state index in [1.807, 2.05) is 41.2 Å². The Kier molecular flexibility index (Phi) is 5.39. The molecule has 0 amide bonds. The molecule has 5 heteroatoms. The minimum atomic E-state index is -0.197. The van der Waals surface area contributed by atoms with E-state index in [4.69, 9.17) is 19.3 Å². The normalized spacial score (nSPS) is 16.4. The molecule has 1 atom stereocenters. The standard InChI is InChI=1S/C22H24N2O3/c1-25-20-10-9-18(16-21(20)27-22-8-5-15-26-22)19-12-14-24(23-19)13-11-17-6-3-2-4-7-17/h2-4,6-7,9-10,12,14,16,22H,5,8,11,13,15H2,1H3/t22-/m0/s1. The number of benzene rings is 2. The highest BCUT2D eigenvalue weighted by Crippen LogP contribution is 2.34. The van der Waals surface area contributed by atoms with Gasteiger partial charge in [-0.3, -0.25) is 4.68 Å². The van der Waals surface area contributed by atoms with Crippen LogP contribution in [-0.2, 0) is 17.7 Å². The van der Waals surface area contributed by atoms with E-state index in [0.29, 0.717) is 11.5 Å². The molecule has 0 spiro atoms. The van der Waals surface area contributed by atoms with E-state index < -0.39 is 0 Å². The van der Waals surface area contributed by atoms with Crippen molar-refractivity contribution in [3.63, 3.8) is 0 Å². The van der Waals surface area contributed by atoms with Gasteiger partial charge in [0.15, 0.2) is 17.8 Å². The van der Waals surface area contributed by atoms with Crippen LogP contribution in [0, 0.1) is 0 Å². The summed E-state index contributed by atoms with van der Waals surface area (Å²) in [7, 11) is 1.65. The molecule has 1 saturated heterocycles. The molecule has 2 heterocycles. The number of ether oxygens (including phenoxy) is 3. The highest BCUT2D eigenvalue weighted by atomic mass is 16.7. The molecular weight excluding hydrogens is 340 g/mol. The fourth-order valence-corrected chi connectivity index (χ4v) is 3.24. The van der Waals surface area contributed by atoms with Crippen LogP contribution in [0.25, 0.3) is 11.3 Å². The summed E-state index contributed by atoms with van der Waals surface area (Å²) in [6.07, 6.45) is 4.71. The molecule has 0 saturated carbocycles. The maximum absolute atomic E-state index is 5.99. The van der Waals surface area contributed by atoms with E-state index in [0.717, 1.165) is 43.7 Å². The third kappa shape index (κ3) is 4.31. The van der Waals surface area contributed by atoms with Crippen LogP contribution in [0.3, 0.4) is 0 Å². The molecule has 3 aromatic rings. The van der Waals surface area contributed by atoms with Gasteiger partial charge >= 0.3 is 0 Å². The van der Waals surface area contributed by atoms with E-state index in [-0.39, 0.29) is 6.29 Å². The van der Waals surface area contributed by atoms with Crippen LogP contribution in [-0.4, -0.2) is 29.8 Å². The van der Waals surface area contributed by atoms with Crippen LogP contribution in [0.1, 0.15) is 18.4 Å². The van der Waals surface area contributed by atoms with Crippen LogP contribution in [0.5, 0.6) is 11.5 Å². The molecule has 4 rings (SSSR count). The molecule has 2 aromatic carbocycles. The van der Waals surface area contributed by atoms with Crippen LogP contribution in [0.2, 0.25) is 0 Å². The Morgan fingerprint density at radius 1 is 1.11 bits per heavy atom. The Balaban J connectivity index is 1.48. The van der Waals surface area contributed by atoms with Gasteiger partial charge < -0.3 is 14.2 Å². The number of rotatable bonds is 7. The van der Waals surface area contributed by atoms with E-state index in [1.54, 1.807) is 7.11 Å². The van der Waals surface area contributed by atoms with Gasteiger partial charge in [-0.15, -0.1) is 0 Å². The van der Waals surface area contributed by atoms with Gasteiger partial charge in [0.05, 0.1) is 19.4 Å². The van der Waals surface area contributed by atoms with Crippen molar-refractivity contribution in [3.8, 4) is 22.8 Å². The molecule has 5 nitrogen and oxygen atoms in total. The first-order valence-electron chi connectivity index (χ1n) is 9.36. The topological polar surface area (TPSA) is 45.5 Å². The molecule has 1 aliphatic rings. The summed E-state index contributed by atoms with van der Waals surface area (Å²) in [5.41, 5.74) is 3.23. The molecule has 1 aromatic heterocycles. The number of nitrogens with zero attached hydrogens (tertiary/aromatic N) is 2. The van der Waals surface area contributed by atoms with Crippen molar-refractivity contribution >= 4 is 0 Å². The second-order valence-electron chi connectivity index (χ2n) is 6.63. The van der Waals surface area contributed by atoms with Crippen molar-refractivity contribution in [2.24, 2.45) is 0 Å². The zero-order chi connectivity index (χ0) is 18.5. The van der Waals surface area contributed by atoms with Crippen molar-refractivity contribution in [3.05, 3.63) is 66.4 Å². The van der Waals surface area contributed by atoms with Gasteiger partial charge in [-0.25, -0.2) is 0 Å². The lowest BCUT2D eigenvalue weighted by Gasteiger charge is -2.16. The summed E-state index contributed by atoms with van der Waals surface area (Å²) in [6, 6.07) is 18.4. The molecular formula is C22H24N2O3. The molecule has 0 bridgehead atoms. The Hall–Kier alpha value is -2.79. The van der Waals surface area contributed by atoms with E-state index >= 15 is 0 Å². The van der Waals surface area contributed by atoms with Crippen LogP contribution < -0.4 is 9.47 Å². The van der Waals surface area contributed by atoms with Gasteiger partial charge in [0, 0.05) is 24.7 Å². The molecule has 140 valence electrons. The molecule has 0 unspecified atom stereocenters. The SMILES string of the molecule is COc1ccc(-c2ccn(CCc3ccccc3)n2)cc1O[C@H]1CCCO1. The molecule has 1 aliphatic heterocycles. The summed E-state index contributed by atoms with van der Waals surface area (Å²) in [4.78, 5) is 0. The Labute approximate surface area is 159 Å². The van der Waals surface area contributed by atoms with Gasteiger partial charge in [0.2, 0.25) is 0 Å². The molecule has 0 aliphatic carbocycles. The largest absolute Gasteiger partial charge is 0.493 e. The molecule has 1 fully saturated rings. The summed E-state index contributed by atoms with van der Waals surface area (Å²) in [6.45, 7) is 1.60. The van der Waals surface area contributed by atoms with Crippen molar-refractivity contribution in [1.82, 2.24) is 9.78 Å². The lowest BCUT2D eigenvalue weighted by atomic mass is 10.1. The predicted molar refractivity (Wildman–Crippen MR) is 104 cm³/mol. The number of aromatic nitrogens is 2. The maximum atomic E-state index is 5.99. The Bertz CT molecular complexity index is 870. The van der Waals surface area contributed by atoms with Crippen molar-refractivity contribution in [2.75, 3.05) is 13.7 Å². The summed E-state index contributed by atoms with van der Waals surface area (Å²) >= 11 is 0. The van der Waals surface area contributed by atoms with E-state index in [2.05, 4.69) is 24.3 Å². The number of hydrogen-bond donors (Lipinski definition) is 0. The second-order valence-corrected chi connectivity index (χ2v) is 6.63. The first kappa shape index (κ1) is 17.6. The second kappa shape index (κ2) is 8.27. The van der Waals surface area contributed by atoms with Gasteiger partial charge in [-0.05, 0) is 42.7 Å². The average molecular weight is 364 g/mol. The number of hydrogen-bond acceptors (Lipinski definition) is 4. The quantitative estimate of drug-likeness (QED) is 0.626. The fraction of sp³-hybridized carbons (Fsp3) is 0.318. The van der Waals surface area contributed by atoms with E-state index in [1.165, 1.54) is 5.56 Å². The van der Waals surface area contributed by atoms with Crippen LogP contribution in [0.4, 0.5) is 0 Å². The lowest BCUT2D eigenvalue weighted by molar-refractivity contribution is -0.0402. The monoisotopic (exact) mass is 364 g/mol. The average Bonchev–Trinajstić information content (AvgIpc) is 3.39. The maximum Gasteiger partial charge on any atom is 0.200 e. The number of aryl methyl sites for hydroxylation is 2. The first-order valence-corrected chi connectivity index (χ1v) is 9.36. The third-order valence-corrected chi connectivity index (χ3v) is 4.72. The smallest absolute Gasteiger partial charge is 0.200 e. The molecule has 27 heavy (non-hydrogen) atoms. The fourth-order valence-electron chi connectivity index (χ4n) is 3.24. The van der Waals surface area contributed by atoms with Crippen LogP contribution >= 0.6 is 0 Å². The number of methoxy groups -OCH3 is 1. The zero-order valence-electron chi connectivity index (χ0n) is 15.5. The van der Waals surface area contributed by atoms with Gasteiger partial charge in [0.25, 0.3) is 0 Å². The lowest BCUT2D eigenvalue weighted by Crippen LogP contribution is -2.14. The summed E-state index contributed by atoms with van der Waals surface area (Å²) < 4.78 is 19.0. The minimum Gasteiger partial charge on any atom is -0.493 e. The van der Waals surface area contributed by atoms with Gasteiger partial charge in [-0.2, -0.15) is 5.10 Å². The minimum absolute atomic E-state index is 0.197. The zero-order valence-corrected chi connectivity index (χ0v) is 15.5. The Morgan fingerprint density at radius 2 is 2.00 bits per heavy atom. The van der Waals surface area contributed by atoms with Crippen molar-refractivity contribution in [1.29, 1.82) is 0 Å². The summed E-state index contributed by atoms with van der Waals surface area (Å²) in [5, 5.41) is 4.71. The molecule has 0 N–H and O–H groups in total. The van der Waals surface area contributed by atoms with Crippen LogP contribution in [0.15, 0.2) is 60.8 Å². The Morgan fingerprint density at radius 3 is 2.78 bits per heavy atom. The van der Waals surface area contributed by atoms with E-state index in [9.17, 15) is 0 Å². The molecule has 0 radical (unpaired) electrons. The summed E-state index contributed by atoms with van der Waals surface area (Å²) in [5.74, 6) is 1.40. The van der Waals surface area contributed by atoms with Gasteiger partial charge in [-0.1, -0.05) is 30.3 Å².